The maximum Gasteiger partial charge on any atom is 0.122 e. The second-order valence-corrected chi connectivity index (χ2v) is 5.81. The molecule has 0 radical (unpaired) electrons. The second kappa shape index (κ2) is 6.37. The van der Waals surface area contributed by atoms with Crippen molar-refractivity contribution < 1.29 is 9.84 Å². The van der Waals surface area contributed by atoms with Gasteiger partial charge in [-0.25, -0.2) is 0 Å². The van der Waals surface area contributed by atoms with Crippen LogP contribution in [-0.4, -0.2) is 17.2 Å². The van der Waals surface area contributed by atoms with Gasteiger partial charge < -0.3 is 9.84 Å². The summed E-state index contributed by atoms with van der Waals surface area (Å²) in [6.45, 7) is 3.96. The van der Waals surface area contributed by atoms with Crippen LogP contribution in [0, 0.1) is 13.8 Å². The van der Waals surface area contributed by atoms with Crippen LogP contribution in [0.3, 0.4) is 0 Å². The Labute approximate surface area is 127 Å². The molecule has 0 aliphatic heterocycles. The Morgan fingerprint density at radius 1 is 1.30 bits per heavy atom. The van der Waals surface area contributed by atoms with Crippen molar-refractivity contribution in [3.05, 3.63) is 57.3 Å². The number of nitrogens with zero attached hydrogens (tertiary/aromatic N) is 1. The summed E-state index contributed by atoms with van der Waals surface area (Å²) in [4.78, 5) is 4.35. The zero-order valence-electron chi connectivity index (χ0n) is 11.9. The first-order valence-electron chi connectivity index (χ1n) is 6.45. The van der Waals surface area contributed by atoms with Gasteiger partial charge in [0.25, 0.3) is 0 Å². The van der Waals surface area contributed by atoms with E-state index < -0.39 is 6.10 Å². The summed E-state index contributed by atoms with van der Waals surface area (Å²) >= 11 is 3.44. The minimum Gasteiger partial charge on any atom is -0.496 e. The lowest BCUT2D eigenvalue weighted by atomic mass is 10.0. The standard InChI is InChI=1S/C16H18BrNO2/c1-10-6-11(2)16(18-9-10)14(19)8-12-7-13(17)4-5-15(12)20-3/h4-7,9,14,19H,8H2,1-3H3. The third kappa shape index (κ3) is 3.38. The van der Waals surface area contributed by atoms with Gasteiger partial charge in [0, 0.05) is 17.1 Å². The smallest absolute Gasteiger partial charge is 0.122 e. The average Bonchev–Trinajstić information content (AvgIpc) is 2.38. The van der Waals surface area contributed by atoms with E-state index in [9.17, 15) is 5.11 Å². The molecule has 1 atom stereocenters. The minimum atomic E-state index is -0.640. The Kier molecular flexibility index (Phi) is 4.78. The fraction of sp³-hybridized carbons (Fsp3) is 0.312. The fourth-order valence-electron chi connectivity index (χ4n) is 2.29. The van der Waals surface area contributed by atoms with Crippen LogP contribution in [0.15, 0.2) is 34.9 Å². The monoisotopic (exact) mass is 335 g/mol. The molecule has 1 aromatic carbocycles. The molecule has 1 unspecified atom stereocenters. The van der Waals surface area contributed by atoms with E-state index in [1.807, 2.05) is 38.1 Å². The fourth-order valence-corrected chi connectivity index (χ4v) is 2.69. The molecule has 106 valence electrons. The predicted octanol–water partition coefficient (Wildman–Crippen LogP) is 3.75. The number of aromatic nitrogens is 1. The molecule has 4 heteroatoms. The van der Waals surface area contributed by atoms with Crippen molar-refractivity contribution in [1.82, 2.24) is 4.98 Å². The van der Waals surface area contributed by atoms with Crippen LogP contribution in [0.1, 0.15) is 28.5 Å². The lowest BCUT2D eigenvalue weighted by Gasteiger charge is -2.15. The number of aliphatic hydroxyl groups is 1. The molecule has 1 N–H and O–H groups in total. The Morgan fingerprint density at radius 2 is 2.05 bits per heavy atom. The number of pyridine rings is 1. The molecule has 0 spiro atoms. The molecule has 0 aliphatic carbocycles. The SMILES string of the molecule is COc1ccc(Br)cc1CC(O)c1ncc(C)cc1C. The van der Waals surface area contributed by atoms with Crippen LogP contribution in [-0.2, 0) is 6.42 Å². The lowest BCUT2D eigenvalue weighted by Crippen LogP contribution is -2.07. The van der Waals surface area contributed by atoms with Gasteiger partial charge in [-0.2, -0.15) is 0 Å². The number of aliphatic hydroxyl groups excluding tert-OH is 1. The number of aryl methyl sites for hydroxylation is 2. The van der Waals surface area contributed by atoms with Crippen LogP contribution in [0.4, 0.5) is 0 Å². The molecule has 3 nitrogen and oxygen atoms in total. The second-order valence-electron chi connectivity index (χ2n) is 4.89. The van der Waals surface area contributed by atoms with E-state index in [0.717, 1.165) is 32.6 Å². The molecular weight excluding hydrogens is 318 g/mol. The van der Waals surface area contributed by atoms with Crippen LogP contribution < -0.4 is 4.74 Å². The molecule has 0 aliphatic rings. The van der Waals surface area contributed by atoms with E-state index in [1.165, 1.54) is 0 Å². The highest BCUT2D eigenvalue weighted by molar-refractivity contribution is 9.10. The summed E-state index contributed by atoms with van der Waals surface area (Å²) in [5.74, 6) is 0.775. The first-order valence-corrected chi connectivity index (χ1v) is 7.24. The number of benzene rings is 1. The highest BCUT2D eigenvalue weighted by atomic mass is 79.9. The van der Waals surface area contributed by atoms with Gasteiger partial charge in [-0.3, -0.25) is 4.98 Å². The molecule has 0 amide bonds. The van der Waals surface area contributed by atoms with Gasteiger partial charge in [-0.05, 0) is 48.7 Å². The normalized spacial score (nSPS) is 12.2. The highest BCUT2D eigenvalue weighted by Gasteiger charge is 2.15. The Bertz CT molecular complexity index is 613. The zero-order valence-corrected chi connectivity index (χ0v) is 13.4. The van der Waals surface area contributed by atoms with Gasteiger partial charge in [0.1, 0.15) is 11.9 Å². The van der Waals surface area contributed by atoms with Crippen LogP contribution >= 0.6 is 15.9 Å². The maximum atomic E-state index is 10.4. The number of hydrogen-bond acceptors (Lipinski definition) is 3. The van der Waals surface area contributed by atoms with Gasteiger partial charge in [0.05, 0.1) is 12.8 Å². The first-order chi connectivity index (χ1) is 9.51. The molecular formula is C16H18BrNO2. The number of rotatable bonds is 4. The Morgan fingerprint density at radius 3 is 2.70 bits per heavy atom. The molecule has 1 aromatic heterocycles. The average molecular weight is 336 g/mol. The summed E-state index contributed by atoms with van der Waals surface area (Å²) in [6, 6.07) is 7.81. The topological polar surface area (TPSA) is 42.4 Å². The lowest BCUT2D eigenvalue weighted by molar-refractivity contribution is 0.171. The number of halogens is 1. The molecule has 0 fully saturated rings. The van der Waals surface area contributed by atoms with E-state index in [2.05, 4.69) is 20.9 Å². The Balaban J connectivity index is 2.27. The molecule has 2 aromatic rings. The molecule has 2 rings (SSSR count). The van der Waals surface area contributed by atoms with E-state index in [1.54, 1.807) is 13.3 Å². The quantitative estimate of drug-likeness (QED) is 0.925. The van der Waals surface area contributed by atoms with Crippen molar-refractivity contribution in [2.75, 3.05) is 7.11 Å². The van der Waals surface area contributed by atoms with Crippen LogP contribution in [0.25, 0.3) is 0 Å². The number of methoxy groups -OCH3 is 1. The third-order valence-electron chi connectivity index (χ3n) is 3.23. The van der Waals surface area contributed by atoms with Gasteiger partial charge in [0.2, 0.25) is 0 Å². The van der Waals surface area contributed by atoms with Gasteiger partial charge in [0.15, 0.2) is 0 Å². The van der Waals surface area contributed by atoms with Crippen molar-refractivity contribution >= 4 is 15.9 Å². The summed E-state index contributed by atoms with van der Waals surface area (Å²) in [7, 11) is 1.63. The Hall–Kier alpha value is -1.39. The van der Waals surface area contributed by atoms with E-state index in [-0.39, 0.29) is 0 Å². The van der Waals surface area contributed by atoms with Crippen LogP contribution in [0.5, 0.6) is 5.75 Å². The van der Waals surface area contributed by atoms with Gasteiger partial charge >= 0.3 is 0 Å². The number of ether oxygens (including phenoxy) is 1. The van der Waals surface area contributed by atoms with E-state index >= 15 is 0 Å². The predicted molar refractivity (Wildman–Crippen MR) is 83.1 cm³/mol. The molecule has 0 bridgehead atoms. The molecule has 0 saturated carbocycles. The zero-order chi connectivity index (χ0) is 14.7. The van der Waals surface area contributed by atoms with E-state index in [4.69, 9.17) is 4.74 Å². The molecule has 20 heavy (non-hydrogen) atoms. The highest BCUT2D eigenvalue weighted by Crippen LogP contribution is 2.28. The molecule has 1 heterocycles. The van der Waals surface area contributed by atoms with Gasteiger partial charge in [-0.15, -0.1) is 0 Å². The van der Waals surface area contributed by atoms with Crippen LogP contribution in [0.2, 0.25) is 0 Å². The van der Waals surface area contributed by atoms with Crippen molar-refractivity contribution in [2.45, 2.75) is 26.4 Å². The summed E-state index contributed by atoms with van der Waals surface area (Å²) in [6.07, 6.45) is 1.61. The van der Waals surface area contributed by atoms with E-state index in [0.29, 0.717) is 6.42 Å². The van der Waals surface area contributed by atoms with Crippen molar-refractivity contribution in [2.24, 2.45) is 0 Å². The largest absolute Gasteiger partial charge is 0.496 e. The van der Waals surface area contributed by atoms with Crippen molar-refractivity contribution in [1.29, 1.82) is 0 Å². The summed E-state index contributed by atoms with van der Waals surface area (Å²) in [5.41, 5.74) is 3.78. The summed E-state index contributed by atoms with van der Waals surface area (Å²) < 4.78 is 6.30. The maximum absolute atomic E-state index is 10.4. The minimum absolute atomic E-state index is 0.472. The number of hydrogen-bond donors (Lipinski definition) is 1. The van der Waals surface area contributed by atoms with Crippen molar-refractivity contribution in [3.63, 3.8) is 0 Å². The van der Waals surface area contributed by atoms with Crippen molar-refractivity contribution in [3.8, 4) is 5.75 Å². The third-order valence-corrected chi connectivity index (χ3v) is 3.72. The first kappa shape index (κ1) is 15.0. The molecule has 0 saturated heterocycles. The summed E-state index contributed by atoms with van der Waals surface area (Å²) in [5, 5.41) is 10.4. The van der Waals surface area contributed by atoms with Gasteiger partial charge in [-0.1, -0.05) is 22.0 Å².